The van der Waals surface area contributed by atoms with Gasteiger partial charge < -0.3 is 5.11 Å². The van der Waals surface area contributed by atoms with Gasteiger partial charge >= 0.3 is 0 Å². The zero-order chi connectivity index (χ0) is 9.52. The first-order chi connectivity index (χ1) is 6.36. The highest BCUT2D eigenvalue weighted by atomic mass is 32.1. The van der Waals surface area contributed by atoms with E-state index in [1.807, 2.05) is 6.61 Å². The van der Waals surface area contributed by atoms with Crippen LogP contribution in [0.2, 0.25) is 0 Å². The van der Waals surface area contributed by atoms with Gasteiger partial charge in [0.05, 0.1) is 0 Å². The molecule has 0 spiro atoms. The molecule has 4 heteroatoms. The molecule has 2 radical (unpaired) electrons. The summed E-state index contributed by atoms with van der Waals surface area (Å²) in [6.07, 6.45) is 5.83. The Bertz CT molecular complexity index is 238. The predicted molar refractivity (Wildman–Crippen MR) is 53.1 cm³/mol. The van der Waals surface area contributed by atoms with Gasteiger partial charge in [-0.2, -0.15) is 12.6 Å². The van der Waals surface area contributed by atoms with E-state index in [2.05, 4.69) is 22.6 Å². The van der Waals surface area contributed by atoms with Crippen LogP contribution < -0.4 is 0 Å². The molecule has 0 atom stereocenters. The summed E-state index contributed by atoms with van der Waals surface area (Å²) < 4.78 is 0. The Morgan fingerprint density at radius 2 is 2.08 bits per heavy atom. The molecule has 1 aromatic rings. The minimum Gasteiger partial charge on any atom is -0.383 e. The van der Waals surface area contributed by atoms with Gasteiger partial charge in [0.2, 0.25) is 0 Å². The molecule has 1 heterocycles. The highest BCUT2D eigenvalue weighted by Gasteiger charge is 1.97. The second-order valence-electron chi connectivity index (χ2n) is 2.67. The maximum absolute atomic E-state index is 8.39. The molecule has 1 N–H and O–H groups in total. The van der Waals surface area contributed by atoms with Crippen LogP contribution in [0, 0.1) is 6.61 Å². The van der Waals surface area contributed by atoms with Crippen LogP contribution in [0.1, 0.15) is 17.8 Å². The Balaban J connectivity index is 2.48. The van der Waals surface area contributed by atoms with Crippen LogP contribution in [-0.2, 0) is 12.8 Å². The smallest absolute Gasteiger partial charge is 0.136 e. The van der Waals surface area contributed by atoms with Crippen molar-refractivity contribution in [3.63, 3.8) is 0 Å². The molecule has 0 fully saturated rings. The van der Waals surface area contributed by atoms with E-state index in [1.54, 1.807) is 12.4 Å². The second kappa shape index (κ2) is 5.94. The summed E-state index contributed by atoms with van der Waals surface area (Å²) in [7, 11) is 0. The van der Waals surface area contributed by atoms with Crippen molar-refractivity contribution < 1.29 is 5.11 Å². The fourth-order valence-corrected chi connectivity index (χ4v) is 1.11. The molecular formula is C9H12N2OS. The second-order valence-corrected chi connectivity index (χ2v) is 3.12. The molecule has 0 aliphatic rings. The molecule has 1 rings (SSSR count). The normalized spacial score (nSPS) is 10.3. The molecule has 0 saturated carbocycles. The van der Waals surface area contributed by atoms with E-state index >= 15 is 0 Å². The van der Waals surface area contributed by atoms with Crippen molar-refractivity contribution in [3.05, 3.63) is 30.4 Å². The van der Waals surface area contributed by atoms with E-state index in [0.717, 1.165) is 24.2 Å². The first-order valence-electron chi connectivity index (χ1n) is 4.14. The lowest BCUT2D eigenvalue weighted by Gasteiger charge is -1.99. The SMILES string of the molecule is O[C]Cc1ncc(CCCS)cn1. The minimum atomic E-state index is 0.285. The molecule has 0 aliphatic heterocycles. The molecule has 3 nitrogen and oxygen atoms in total. The summed E-state index contributed by atoms with van der Waals surface area (Å²) in [5.74, 6) is 1.47. The van der Waals surface area contributed by atoms with E-state index in [1.165, 1.54) is 0 Å². The van der Waals surface area contributed by atoms with E-state index < -0.39 is 0 Å². The Morgan fingerprint density at radius 1 is 1.38 bits per heavy atom. The monoisotopic (exact) mass is 196 g/mol. The van der Waals surface area contributed by atoms with Gasteiger partial charge in [-0.1, -0.05) is 0 Å². The molecular weight excluding hydrogens is 184 g/mol. The maximum Gasteiger partial charge on any atom is 0.136 e. The number of hydrogen-bond acceptors (Lipinski definition) is 4. The lowest BCUT2D eigenvalue weighted by atomic mass is 10.2. The lowest BCUT2D eigenvalue weighted by molar-refractivity contribution is 0.382. The average molecular weight is 196 g/mol. The molecule has 0 bridgehead atoms. The van der Waals surface area contributed by atoms with Gasteiger partial charge in [0, 0.05) is 18.8 Å². The van der Waals surface area contributed by atoms with Gasteiger partial charge in [0.15, 0.2) is 0 Å². The van der Waals surface area contributed by atoms with Crippen molar-refractivity contribution in [1.29, 1.82) is 0 Å². The molecule has 0 aromatic carbocycles. The van der Waals surface area contributed by atoms with Gasteiger partial charge in [0.1, 0.15) is 12.4 Å². The molecule has 13 heavy (non-hydrogen) atoms. The third kappa shape index (κ3) is 3.74. The number of nitrogens with zero attached hydrogens (tertiary/aromatic N) is 2. The number of aryl methyl sites for hydroxylation is 1. The summed E-state index contributed by atoms with van der Waals surface area (Å²) in [6, 6.07) is 0. The molecule has 0 amide bonds. The zero-order valence-corrected chi connectivity index (χ0v) is 8.17. The van der Waals surface area contributed by atoms with Crippen LogP contribution in [0.4, 0.5) is 0 Å². The summed E-state index contributed by atoms with van der Waals surface area (Å²) in [4.78, 5) is 8.13. The van der Waals surface area contributed by atoms with Gasteiger partial charge in [0.25, 0.3) is 0 Å². The number of thiol groups is 1. The van der Waals surface area contributed by atoms with Gasteiger partial charge in [-0.25, -0.2) is 9.97 Å². The first-order valence-corrected chi connectivity index (χ1v) is 4.77. The number of aliphatic hydroxyl groups excluding tert-OH is 1. The summed E-state index contributed by atoms with van der Waals surface area (Å²) in [6.45, 7) is 2.01. The molecule has 0 saturated heterocycles. The van der Waals surface area contributed by atoms with Crippen LogP contribution in [0.25, 0.3) is 0 Å². The van der Waals surface area contributed by atoms with Crippen molar-refractivity contribution in [2.24, 2.45) is 0 Å². The topological polar surface area (TPSA) is 46.0 Å². The standard InChI is InChI=1S/C9H12N2OS/c12-4-3-9-10-6-8(7-11-9)2-1-5-13/h6-7,12-13H,1-3,5H2. The predicted octanol–water partition coefficient (Wildman–Crippen LogP) is 1.29. The molecule has 70 valence electrons. The average Bonchev–Trinajstić information content (AvgIpc) is 2.17. The Hall–Kier alpha value is -0.610. The van der Waals surface area contributed by atoms with Gasteiger partial charge in [-0.3, -0.25) is 0 Å². The fraction of sp³-hybridized carbons (Fsp3) is 0.444. The maximum atomic E-state index is 8.39. The van der Waals surface area contributed by atoms with E-state index in [9.17, 15) is 0 Å². The minimum absolute atomic E-state index is 0.285. The largest absolute Gasteiger partial charge is 0.383 e. The van der Waals surface area contributed by atoms with Crippen molar-refractivity contribution >= 4 is 12.6 Å². The van der Waals surface area contributed by atoms with E-state index in [0.29, 0.717) is 5.82 Å². The summed E-state index contributed by atoms with van der Waals surface area (Å²) in [5, 5.41) is 8.39. The van der Waals surface area contributed by atoms with E-state index in [-0.39, 0.29) is 6.42 Å². The number of aliphatic hydroxyl groups is 1. The summed E-state index contributed by atoms with van der Waals surface area (Å²) >= 11 is 4.12. The van der Waals surface area contributed by atoms with Crippen LogP contribution in [-0.4, -0.2) is 20.8 Å². The lowest BCUT2D eigenvalue weighted by Crippen LogP contribution is -1.97. The molecule has 0 unspecified atom stereocenters. The van der Waals surface area contributed by atoms with Crippen LogP contribution in [0.5, 0.6) is 0 Å². The highest BCUT2D eigenvalue weighted by molar-refractivity contribution is 7.80. The van der Waals surface area contributed by atoms with E-state index in [4.69, 9.17) is 5.11 Å². The fourth-order valence-electron chi connectivity index (χ4n) is 0.956. The number of hydrogen-bond donors (Lipinski definition) is 2. The Morgan fingerprint density at radius 3 is 2.62 bits per heavy atom. The van der Waals surface area contributed by atoms with Crippen molar-refractivity contribution in [1.82, 2.24) is 9.97 Å². The van der Waals surface area contributed by atoms with Crippen molar-refractivity contribution in [2.75, 3.05) is 5.75 Å². The number of aromatic nitrogens is 2. The van der Waals surface area contributed by atoms with Crippen LogP contribution >= 0.6 is 12.6 Å². The zero-order valence-electron chi connectivity index (χ0n) is 7.27. The Labute approximate surface area is 83.6 Å². The van der Waals surface area contributed by atoms with Crippen LogP contribution in [0.15, 0.2) is 12.4 Å². The highest BCUT2D eigenvalue weighted by Crippen LogP contribution is 2.01. The van der Waals surface area contributed by atoms with Gasteiger partial charge in [-0.15, -0.1) is 0 Å². The molecule has 0 aliphatic carbocycles. The quantitative estimate of drug-likeness (QED) is 0.698. The first kappa shape index (κ1) is 10.5. The summed E-state index contributed by atoms with van der Waals surface area (Å²) in [5.41, 5.74) is 1.11. The third-order valence-corrected chi connectivity index (χ3v) is 1.94. The van der Waals surface area contributed by atoms with Crippen LogP contribution in [0.3, 0.4) is 0 Å². The number of rotatable bonds is 5. The van der Waals surface area contributed by atoms with Gasteiger partial charge in [-0.05, 0) is 24.2 Å². The Kier molecular flexibility index (Phi) is 4.78. The van der Waals surface area contributed by atoms with Crippen molar-refractivity contribution in [2.45, 2.75) is 19.3 Å². The van der Waals surface area contributed by atoms with Crippen molar-refractivity contribution in [3.8, 4) is 0 Å². The molecule has 1 aromatic heterocycles. The third-order valence-electron chi connectivity index (χ3n) is 1.62.